The molecule has 0 aliphatic rings. The largest absolute Gasteiger partial charge is 0.310 e. The van der Waals surface area contributed by atoms with E-state index in [-0.39, 0.29) is 0 Å². The molecule has 0 bridgehead atoms. The van der Waals surface area contributed by atoms with Crippen molar-refractivity contribution >= 4 is 38.6 Å². The molecule has 10 rings (SSSR count). The Labute approximate surface area is 334 Å². The Bertz CT molecular complexity index is 3000. The zero-order valence-corrected chi connectivity index (χ0v) is 31.5. The highest BCUT2D eigenvalue weighted by atomic mass is 15.1. The van der Waals surface area contributed by atoms with E-state index in [1.807, 2.05) is 0 Å². The minimum atomic E-state index is 1.09. The quantitative estimate of drug-likeness (QED) is 0.141. The monoisotopic (exact) mass is 725 g/mol. The molecule has 0 unspecified atom stereocenters. The number of fused-ring (bicyclic) bond motifs is 3. The molecule has 0 aliphatic carbocycles. The van der Waals surface area contributed by atoms with E-state index in [1.54, 1.807) is 0 Å². The third kappa shape index (κ3) is 6.46. The Kier molecular flexibility index (Phi) is 8.95. The molecule has 57 heavy (non-hydrogen) atoms. The summed E-state index contributed by atoms with van der Waals surface area (Å²) in [5, 5.41) is 4.99. The van der Waals surface area contributed by atoms with Crippen LogP contribution in [0, 0.1) is 0 Å². The van der Waals surface area contributed by atoms with E-state index in [9.17, 15) is 0 Å². The normalized spacial score (nSPS) is 11.2. The van der Waals surface area contributed by atoms with Gasteiger partial charge in [0, 0.05) is 16.9 Å². The molecule has 0 amide bonds. The summed E-state index contributed by atoms with van der Waals surface area (Å²) < 4.78 is 0. The molecule has 10 aromatic carbocycles. The van der Waals surface area contributed by atoms with Gasteiger partial charge in [-0.3, -0.25) is 0 Å². The Morgan fingerprint density at radius 2 is 0.632 bits per heavy atom. The maximum absolute atomic E-state index is 2.41. The maximum atomic E-state index is 2.41. The van der Waals surface area contributed by atoms with E-state index < -0.39 is 0 Å². The molecule has 1 heteroatoms. The highest BCUT2D eigenvalue weighted by Gasteiger charge is 2.19. The summed E-state index contributed by atoms with van der Waals surface area (Å²) in [6.45, 7) is 0. The summed E-state index contributed by atoms with van der Waals surface area (Å²) in [4.78, 5) is 2.41. The van der Waals surface area contributed by atoms with Crippen LogP contribution in [-0.4, -0.2) is 0 Å². The van der Waals surface area contributed by atoms with Gasteiger partial charge in [0.25, 0.3) is 0 Å². The smallest absolute Gasteiger partial charge is 0.0540 e. The fourth-order valence-corrected chi connectivity index (χ4v) is 8.40. The molecule has 0 N–H and O–H groups in total. The molecule has 0 atom stereocenters. The zero-order chi connectivity index (χ0) is 38.0. The van der Waals surface area contributed by atoms with Crippen LogP contribution >= 0.6 is 0 Å². The SMILES string of the molecule is c1ccc(-c2ccccc2-c2ccccc2-c2ccccc2-c2ccc(N(c3ccc4c(ccc5ccccc54)c3)c3ccccc3-c3ccccc3)cc2)cc1. The number of para-hydroxylation sites is 1. The van der Waals surface area contributed by atoms with Gasteiger partial charge in [-0.2, -0.15) is 0 Å². The molecule has 0 aromatic heterocycles. The van der Waals surface area contributed by atoms with Crippen molar-refractivity contribution in [1.82, 2.24) is 0 Å². The lowest BCUT2D eigenvalue weighted by Crippen LogP contribution is -2.11. The van der Waals surface area contributed by atoms with Crippen LogP contribution in [-0.2, 0) is 0 Å². The van der Waals surface area contributed by atoms with Crippen LogP contribution in [0.4, 0.5) is 17.1 Å². The topological polar surface area (TPSA) is 3.24 Å². The minimum absolute atomic E-state index is 1.09. The van der Waals surface area contributed by atoms with Gasteiger partial charge in [-0.15, -0.1) is 0 Å². The van der Waals surface area contributed by atoms with Crippen LogP contribution in [0.25, 0.3) is 77.2 Å². The van der Waals surface area contributed by atoms with Crippen LogP contribution in [0.3, 0.4) is 0 Å². The van der Waals surface area contributed by atoms with Crippen molar-refractivity contribution in [3.05, 3.63) is 237 Å². The van der Waals surface area contributed by atoms with Gasteiger partial charge in [-0.25, -0.2) is 0 Å². The third-order valence-electron chi connectivity index (χ3n) is 11.1. The summed E-state index contributed by atoms with van der Waals surface area (Å²) in [7, 11) is 0. The summed E-state index contributed by atoms with van der Waals surface area (Å²) in [6, 6.07) is 85.6. The van der Waals surface area contributed by atoms with E-state index >= 15 is 0 Å². The molecule has 1 nitrogen and oxygen atoms in total. The molecule has 0 fully saturated rings. The first-order valence-corrected chi connectivity index (χ1v) is 19.6. The fraction of sp³-hybridized carbons (Fsp3) is 0. The summed E-state index contributed by atoms with van der Waals surface area (Å²) in [5.41, 5.74) is 15.4. The number of rotatable bonds is 8. The summed E-state index contributed by atoms with van der Waals surface area (Å²) in [5.74, 6) is 0. The minimum Gasteiger partial charge on any atom is -0.310 e. The van der Waals surface area contributed by atoms with Gasteiger partial charge in [0.05, 0.1) is 5.69 Å². The molecule has 0 saturated carbocycles. The summed E-state index contributed by atoms with van der Waals surface area (Å²) in [6.07, 6.45) is 0. The molecule has 0 aliphatic heterocycles. The average molecular weight is 726 g/mol. The molecule has 0 spiro atoms. The Morgan fingerprint density at radius 3 is 1.25 bits per heavy atom. The van der Waals surface area contributed by atoms with E-state index in [2.05, 4.69) is 241 Å². The van der Waals surface area contributed by atoms with Crippen molar-refractivity contribution in [2.24, 2.45) is 0 Å². The molecule has 0 saturated heterocycles. The Balaban J connectivity index is 1.10. The van der Waals surface area contributed by atoms with Gasteiger partial charge >= 0.3 is 0 Å². The molecule has 268 valence electrons. The molecule has 0 heterocycles. The van der Waals surface area contributed by atoms with Gasteiger partial charge < -0.3 is 4.90 Å². The van der Waals surface area contributed by atoms with E-state index in [4.69, 9.17) is 0 Å². The number of hydrogen-bond acceptors (Lipinski definition) is 1. The molecular weight excluding hydrogens is 687 g/mol. The average Bonchev–Trinajstić information content (AvgIpc) is 3.30. The van der Waals surface area contributed by atoms with Crippen LogP contribution in [0.15, 0.2) is 237 Å². The van der Waals surface area contributed by atoms with Crippen LogP contribution in [0.5, 0.6) is 0 Å². The van der Waals surface area contributed by atoms with Crippen LogP contribution < -0.4 is 4.90 Å². The van der Waals surface area contributed by atoms with Crippen molar-refractivity contribution in [3.8, 4) is 55.6 Å². The standard InChI is InChI=1S/C56H39N/c1-3-17-40(18-4-1)48-23-9-11-26-52(48)54-28-13-14-29-55(54)53-27-12-10-24-49(53)43-33-35-45(36-34-43)57(56-30-16-15-25-51(56)41-19-5-2-6-20-41)46-37-38-50-44(39-46)32-31-42-21-7-8-22-47(42)50/h1-39H. The summed E-state index contributed by atoms with van der Waals surface area (Å²) >= 11 is 0. The second-order valence-electron chi connectivity index (χ2n) is 14.5. The lowest BCUT2D eigenvalue weighted by atomic mass is 9.87. The van der Waals surface area contributed by atoms with Gasteiger partial charge in [0.1, 0.15) is 0 Å². The van der Waals surface area contributed by atoms with Gasteiger partial charge in [-0.05, 0) is 102 Å². The first kappa shape index (κ1) is 34.0. The predicted molar refractivity (Wildman–Crippen MR) is 243 cm³/mol. The molecule has 10 aromatic rings. The van der Waals surface area contributed by atoms with E-state index in [0.29, 0.717) is 0 Å². The van der Waals surface area contributed by atoms with Crippen molar-refractivity contribution < 1.29 is 0 Å². The lowest BCUT2D eigenvalue weighted by Gasteiger charge is -2.28. The lowest BCUT2D eigenvalue weighted by molar-refractivity contribution is 1.29. The predicted octanol–water partition coefficient (Wildman–Crippen LogP) is 15.8. The Morgan fingerprint density at radius 1 is 0.228 bits per heavy atom. The Hall–Kier alpha value is -7.48. The highest BCUT2D eigenvalue weighted by molar-refractivity contribution is 6.09. The van der Waals surface area contributed by atoms with Gasteiger partial charge in [0.15, 0.2) is 0 Å². The van der Waals surface area contributed by atoms with E-state index in [1.165, 1.54) is 77.2 Å². The van der Waals surface area contributed by atoms with E-state index in [0.717, 1.165) is 17.1 Å². The van der Waals surface area contributed by atoms with Crippen molar-refractivity contribution in [1.29, 1.82) is 0 Å². The van der Waals surface area contributed by atoms with Crippen LogP contribution in [0.2, 0.25) is 0 Å². The number of nitrogens with zero attached hydrogens (tertiary/aromatic N) is 1. The van der Waals surface area contributed by atoms with Crippen LogP contribution in [0.1, 0.15) is 0 Å². The second kappa shape index (κ2) is 15.0. The molecule has 0 radical (unpaired) electrons. The van der Waals surface area contributed by atoms with Crippen molar-refractivity contribution in [2.75, 3.05) is 4.90 Å². The maximum Gasteiger partial charge on any atom is 0.0540 e. The highest BCUT2D eigenvalue weighted by Crippen LogP contribution is 2.45. The first-order chi connectivity index (χ1) is 28.3. The zero-order valence-electron chi connectivity index (χ0n) is 31.5. The number of benzene rings is 10. The van der Waals surface area contributed by atoms with Gasteiger partial charge in [-0.1, -0.05) is 206 Å². The fourth-order valence-electron chi connectivity index (χ4n) is 8.40. The van der Waals surface area contributed by atoms with Crippen molar-refractivity contribution in [3.63, 3.8) is 0 Å². The number of anilines is 3. The number of hydrogen-bond donors (Lipinski definition) is 0. The third-order valence-corrected chi connectivity index (χ3v) is 11.1. The van der Waals surface area contributed by atoms with Crippen molar-refractivity contribution in [2.45, 2.75) is 0 Å². The van der Waals surface area contributed by atoms with Gasteiger partial charge in [0.2, 0.25) is 0 Å². The molecular formula is C56H39N. The second-order valence-corrected chi connectivity index (χ2v) is 14.5. The first-order valence-electron chi connectivity index (χ1n) is 19.6.